The fourth-order valence-corrected chi connectivity index (χ4v) is 1.58. The molecule has 0 unspecified atom stereocenters. The van der Waals surface area contributed by atoms with Gasteiger partial charge in [0.2, 0.25) is 6.39 Å². The smallest absolute Gasteiger partial charge is 0.338 e. The average molecular weight is 265 g/mol. The number of aromatic nitrogens is 2. The minimum absolute atomic E-state index is 0.324. The number of nitrogens with zero attached hydrogens (tertiary/aromatic N) is 2. The topological polar surface area (TPSA) is 88.2 Å². The Kier molecular flexibility index (Phi) is 4.19. The van der Waals surface area contributed by atoms with Gasteiger partial charge in [0.15, 0.2) is 5.82 Å². The lowest BCUT2D eigenvalue weighted by Crippen LogP contribution is -2.17. The molecule has 1 aromatic carbocycles. The minimum atomic E-state index is -1.27. The Hall–Kier alpha value is -2.28. The zero-order chi connectivity index (χ0) is 13.7. The van der Waals surface area contributed by atoms with Crippen LogP contribution in [0.1, 0.15) is 21.7 Å². The first-order valence-electron chi connectivity index (χ1n) is 5.64. The van der Waals surface area contributed by atoms with Crippen molar-refractivity contribution in [2.75, 3.05) is 6.54 Å². The van der Waals surface area contributed by atoms with Gasteiger partial charge >= 0.3 is 5.97 Å². The van der Waals surface area contributed by atoms with Crippen LogP contribution in [0.4, 0.5) is 4.39 Å². The Morgan fingerprint density at radius 1 is 1.47 bits per heavy atom. The maximum atomic E-state index is 13.4. The summed E-state index contributed by atoms with van der Waals surface area (Å²) < 4.78 is 18.0. The van der Waals surface area contributed by atoms with E-state index in [4.69, 9.17) is 5.11 Å². The Morgan fingerprint density at radius 3 is 2.95 bits per heavy atom. The van der Waals surface area contributed by atoms with E-state index in [-0.39, 0.29) is 5.56 Å². The molecular weight excluding hydrogens is 253 g/mol. The molecule has 100 valence electrons. The van der Waals surface area contributed by atoms with E-state index in [0.717, 1.165) is 0 Å². The summed E-state index contributed by atoms with van der Waals surface area (Å²) >= 11 is 0. The molecule has 7 heteroatoms. The molecule has 0 aliphatic heterocycles. The highest BCUT2D eigenvalue weighted by Crippen LogP contribution is 2.10. The summed E-state index contributed by atoms with van der Waals surface area (Å²) in [5.74, 6) is -1.40. The molecule has 1 heterocycles. The van der Waals surface area contributed by atoms with Crippen molar-refractivity contribution in [1.82, 2.24) is 15.5 Å². The summed E-state index contributed by atoms with van der Waals surface area (Å²) in [6.07, 6.45) is 1.86. The molecule has 0 fully saturated rings. The number of halogens is 1. The Bertz CT molecular complexity index is 557. The van der Waals surface area contributed by atoms with E-state index in [0.29, 0.717) is 30.9 Å². The van der Waals surface area contributed by atoms with Gasteiger partial charge in [0.05, 0.1) is 5.56 Å². The number of carboxylic acid groups (broad SMARTS) is 1. The van der Waals surface area contributed by atoms with Crippen LogP contribution >= 0.6 is 0 Å². The Balaban J connectivity index is 1.83. The van der Waals surface area contributed by atoms with Crippen molar-refractivity contribution < 1.29 is 18.8 Å². The van der Waals surface area contributed by atoms with Crippen LogP contribution in [-0.4, -0.2) is 27.8 Å². The molecule has 0 saturated heterocycles. The van der Waals surface area contributed by atoms with E-state index >= 15 is 0 Å². The van der Waals surface area contributed by atoms with Crippen LogP contribution in [0.15, 0.2) is 29.1 Å². The lowest BCUT2D eigenvalue weighted by atomic mass is 10.1. The fraction of sp³-hybridized carbons (Fsp3) is 0.250. The molecule has 2 rings (SSSR count). The number of rotatable bonds is 6. The molecule has 0 aliphatic carbocycles. The molecule has 1 aromatic heterocycles. The van der Waals surface area contributed by atoms with E-state index in [9.17, 15) is 9.18 Å². The maximum absolute atomic E-state index is 13.4. The van der Waals surface area contributed by atoms with Gasteiger partial charge in [-0.15, -0.1) is 0 Å². The largest absolute Gasteiger partial charge is 0.478 e. The number of hydrogen-bond donors (Lipinski definition) is 2. The Morgan fingerprint density at radius 2 is 2.32 bits per heavy atom. The standard InChI is InChI=1S/C12H12FN3O3/c13-10-5-8(1-2-9(10)12(17)18)6-14-4-3-11-15-7-19-16-11/h1-2,5,7,14H,3-4,6H2,(H,17,18). The van der Waals surface area contributed by atoms with Gasteiger partial charge in [-0.3, -0.25) is 0 Å². The minimum Gasteiger partial charge on any atom is -0.478 e. The molecule has 0 atom stereocenters. The van der Waals surface area contributed by atoms with Gasteiger partial charge in [0, 0.05) is 19.5 Å². The van der Waals surface area contributed by atoms with Crippen molar-refractivity contribution in [3.05, 3.63) is 47.4 Å². The predicted molar refractivity (Wildman–Crippen MR) is 63.1 cm³/mol. The SMILES string of the molecule is O=C(O)c1ccc(CNCCc2ncon2)cc1F. The number of hydrogen-bond acceptors (Lipinski definition) is 5. The molecule has 19 heavy (non-hydrogen) atoms. The van der Waals surface area contributed by atoms with Crippen LogP contribution < -0.4 is 5.32 Å². The lowest BCUT2D eigenvalue weighted by molar-refractivity contribution is 0.0692. The molecule has 0 bridgehead atoms. The first kappa shape index (κ1) is 13.2. The van der Waals surface area contributed by atoms with Crippen molar-refractivity contribution in [2.45, 2.75) is 13.0 Å². The zero-order valence-electron chi connectivity index (χ0n) is 9.97. The van der Waals surface area contributed by atoms with E-state index in [1.165, 1.54) is 18.5 Å². The molecule has 0 radical (unpaired) electrons. The van der Waals surface area contributed by atoms with E-state index < -0.39 is 11.8 Å². The summed E-state index contributed by atoms with van der Waals surface area (Å²) in [4.78, 5) is 14.5. The number of nitrogens with one attached hydrogen (secondary N) is 1. The third-order valence-electron chi connectivity index (χ3n) is 2.53. The molecule has 0 saturated carbocycles. The molecule has 0 aliphatic rings. The number of aromatic carboxylic acids is 1. The third-order valence-corrected chi connectivity index (χ3v) is 2.53. The lowest BCUT2D eigenvalue weighted by Gasteiger charge is -2.05. The molecule has 0 amide bonds. The van der Waals surface area contributed by atoms with Gasteiger partial charge in [-0.2, -0.15) is 4.98 Å². The van der Waals surface area contributed by atoms with E-state index in [1.54, 1.807) is 6.07 Å². The van der Waals surface area contributed by atoms with Crippen LogP contribution in [0.5, 0.6) is 0 Å². The number of carbonyl (C=O) groups is 1. The molecule has 0 spiro atoms. The monoisotopic (exact) mass is 265 g/mol. The van der Waals surface area contributed by atoms with Gasteiger partial charge in [-0.05, 0) is 17.7 Å². The van der Waals surface area contributed by atoms with Crippen molar-refractivity contribution in [2.24, 2.45) is 0 Å². The normalized spacial score (nSPS) is 10.6. The van der Waals surface area contributed by atoms with Crippen LogP contribution in [0.3, 0.4) is 0 Å². The predicted octanol–water partition coefficient (Wildman–Crippen LogP) is 1.24. The molecular formula is C12H12FN3O3. The first-order chi connectivity index (χ1) is 9.16. The summed E-state index contributed by atoms with van der Waals surface area (Å²) in [5.41, 5.74) is 0.353. The molecule has 6 nitrogen and oxygen atoms in total. The van der Waals surface area contributed by atoms with Crippen molar-refractivity contribution >= 4 is 5.97 Å². The van der Waals surface area contributed by atoms with Gasteiger partial charge in [-0.25, -0.2) is 9.18 Å². The average Bonchev–Trinajstić information content (AvgIpc) is 2.87. The quantitative estimate of drug-likeness (QED) is 0.764. The van der Waals surface area contributed by atoms with Crippen LogP contribution in [-0.2, 0) is 13.0 Å². The number of benzene rings is 1. The third kappa shape index (κ3) is 3.59. The highest BCUT2D eigenvalue weighted by Gasteiger charge is 2.10. The highest BCUT2D eigenvalue weighted by molar-refractivity contribution is 5.87. The van der Waals surface area contributed by atoms with E-state index in [2.05, 4.69) is 20.0 Å². The van der Waals surface area contributed by atoms with E-state index in [1.807, 2.05) is 0 Å². The van der Waals surface area contributed by atoms with Gasteiger partial charge in [0.1, 0.15) is 5.82 Å². The Labute approximate surface area is 108 Å². The second-order valence-electron chi connectivity index (χ2n) is 3.89. The maximum Gasteiger partial charge on any atom is 0.338 e. The van der Waals surface area contributed by atoms with Gasteiger partial charge in [-0.1, -0.05) is 11.2 Å². The molecule has 2 aromatic rings. The number of carboxylic acids is 1. The van der Waals surface area contributed by atoms with Crippen molar-refractivity contribution in [3.8, 4) is 0 Å². The second-order valence-corrected chi connectivity index (χ2v) is 3.89. The van der Waals surface area contributed by atoms with Crippen molar-refractivity contribution in [3.63, 3.8) is 0 Å². The van der Waals surface area contributed by atoms with Crippen LogP contribution in [0.2, 0.25) is 0 Å². The summed E-state index contributed by atoms with van der Waals surface area (Å²) in [7, 11) is 0. The zero-order valence-corrected chi connectivity index (χ0v) is 9.97. The van der Waals surface area contributed by atoms with Crippen LogP contribution in [0, 0.1) is 5.82 Å². The molecule has 2 N–H and O–H groups in total. The second kappa shape index (κ2) is 6.05. The summed E-state index contributed by atoms with van der Waals surface area (Å²) in [5, 5.41) is 15.4. The van der Waals surface area contributed by atoms with Crippen molar-refractivity contribution in [1.29, 1.82) is 0 Å². The summed E-state index contributed by atoms with van der Waals surface area (Å²) in [6, 6.07) is 4.05. The van der Waals surface area contributed by atoms with Gasteiger partial charge in [0.25, 0.3) is 0 Å². The first-order valence-corrected chi connectivity index (χ1v) is 5.64. The van der Waals surface area contributed by atoms with Crippen LogP contribution in [0.25, 0.3) is 0 Å². The summed E-state index contributed by atoms with van der Waals surface area (Å²) in [6.45, 7) is 1.05. The van der Waals surface area contributed by atoms with Gasteiger partial charge < -0.3 is 14.9 Å². The fourth-order valence-electron chi connectivity index (χ4n) is 1.58. The highest BCUT2D eigenvalue weighted by atomic mass is 19.1.